The number of aliphatic hydroxyl groups is 1. The quantitative estimate of drug-likeness (QED) is 0.756. The highest BCUT2D eigenvalue weighted by Crippen LogP contribution is 2.00. The van der Waals surface area contributed by atoms with E-state index in [4.69, 9.17) is 4.42 Å². The molecule has 0 bridgehead atoms. The van der Waals surface area contributed by atoms with E-state index in [0.717, 1.165) is 5.76 Å². The van der Waals surface area contributed by atoms with Gasteiger partial charge in [-0.25, -0.2) is 4.98 Å². The first-order valence-electron chi connectivity index (χ1n) is 5.51. The maximum atomic E-state index is 9.73. The molecular weight excluding hydrogens is 220 g/mol. The lowest BCUT2D eigenvalue weighted by Gasteiger charge is -2.10. The maximum Gasteiger partial charge on any atom is 0.208 e. The SMILES string of the molecule is Cc1cnc(CNCC(O)Cn2cccn2)o1. The van der Waals surface area contributed by atoms with Crippen LogP contribution in [0.25, 0.3) is 0 Å². The Balaban J connectivity index is 1.68. The summed E-state index contributed by atoms with van der Waals surface area (Å²) >= 11 is 0. The van der Waals surface area contributed by atoms with Crippen LogP contribution in [0.5, 0.6) is 0 Å². The van der Waals surface area contributed by atoms with Gasteiger partial charge in [0, 0.05) is 18.9 Å². The Morgan fingerprint density at radius 2 is 2.47 bits per heavy atom. The van der Waals surface area contributed by atoms with Gasteiger partial charge in [-0.1, -0.05) is 0 Å². The van der Waals surface area contributed by atoms with Gasteiger partial charge in [0.25, 0.3) is 0 Å². The van der Waals surface area contributed by atoms with Gasteiger partial charge >= 0.3 is 0 Å². The zero-order valence-electron chi connectivity index (χ0n) is 9.71. The van der Waals surface area contributed by atoms with Crippen LogP contribution in [0, 0.1) is 6.92 Å². The van der Waals surface area contributed by atoms with E-state index in [1.807, 2.05) is 19.2 Å². The van der Waals surface area contributed by atoms with E-state index >= 15 is 0 Å². The van der Waals surface area contributed by atoms with E-state index in [2.05, 4.69) is 15.4 Å². The summed E-state index contributed by atoms with van der Waals surface area (Å²) < 4.78 is 6.99. The number of aromatic nitrogens is 3. The van der Waals surface area contributed by atoms with Crippen LogP contribution in [-0.4, -0.2) is 32.5 Å². The smallest absolute Gasteiger partial charge is 0.208 e. The standard InChI is InChI=1S/C11H16N4O2/c1-9-5-13-11(17-9)7-12-6-10(16)8-15-4-2-3-14-15/h2-5,10,12,16H,6-8H2,1H3. The number of rotatable bonds is 6. The van der Waals surface area contributed by atoms with Gasteiger partial charge in [-0.2, -0.15) is 5.10 Å². The molecule has 6 heteroatoms. The third kappa shape index (κ3) is 3.69. The first-order chi connectivity index (χ1) is 8.24. The Hall–Kier alpha value is -1.66. The number of hydrogen-bond acceptors (Lipinski definition) is 5. The molecular formula is C11H16N4O2. The molecule has 92 valence electrons. The molecule has 0 aliphatic rings. The lowest BCUT2D eigenvalue weighted by atomic mass is 10.3. The number of hydrogen-bond donors (Lipinski definition) is 2. The van der Waals surface area contributed by atoms with E-state index in [-0.39, 0.29) is 0 Å². The number of aliphatic hydroxyl groups excluding tert-OH is 1. The van der Waals surface area contributed by atoms with Crippen molar-refractivity contribution in [1.82, 2.24) is 20.1 Å². The van der Waals surface area contributed by atoms with Crippen molar-refractivity contribution >= 4 is 0 Å². The van der Waals surface area contributed by atoms with Gasteiger partial charge in [-0.3, -0.25) is 4.68 Å². The molecule has 2 aromatic rings. The molecule has 1 atom stereocenters. The van der Waals surface area contributed by atoms with Crippen molar-refractivity contribution < 1.29 is 9.52 Å². The maximum absolute atomic E-state index is 9.73. The number of oxazole rings is 1. The van der Waals surface area contributed by atoms with Gasteiger partial charge in [0.15, 0.2) is 0 Å². The van der Waals surface area contributed by atoms with E-state index < -0.39 is 6.10 Å². The third-order valence-corrected chi connectivity index (χ3v) is 2.28. The van der Waals surface area contributed by atoms with Gasteiger partial charge in [0.05, 0.1) is 25.4 Å². The highest BCUT2D eigenvalue weighted by Gasteiger charge is 2.06. The second-order valence-corrected chi connectivity index (χ2v) is 3.88. The number of nitrogens with zero attached hydrogens (tertiary/aromatic N) is 3. The van der Waals surface area contributed by atoms with Crippen LogP contribution >= 0.6 is 0 Å². The Morgan fingerprint density at radius 1 is 1.59 bits per heavy atom. The van der Waals surface area contributed by atoms with Crippen LogP contribution in [0.2, 0.25) is 0 Å². The van der Waals surface area contributed by atoms with E-state index in [1.54, 1.807) is 17.1 Å². The monoisotopic (exact) mass is 236 g/mol. The van der Waals surface area contributed by atoms with Gasteiger partial charge in [-0.05, 0) is 13.0 Å². The molecule has 2 heterocycles. The summed E-state index contributed by atoms with van der Waals surface area (Å²) in [7, 11) is 0. The van der Waals surface area contributed by atoms with Gasteiger partial charge in [0.1, 0.15) is 5.76 Å². The van der Waals surface area contributed by atoms with Gasteiger partial charge in [-0.15, -0.1) is 0 Å². The Bertz CT molecular complexity index is 438. The predicted molar refractivity (Wildman–Crippen MR) is 61.2 cm³/mol. The molecule has 0 aromatic carbocycles. The van der Waals surface area contributed by atoms with Crippen molar-refractivity contribution in [2.45, 2.75) is 26.1 Å². The molecule has 6 nitrogen and oxygen atoms in total. The third-order valence-electron chi connectivity index (χ3n) is 2.28. The molecule has 0 amide bonds. The molecule has 0 saturated heterocycles. The molecule has 0 saturated carbocycles. The van der Waals surface area contributed by atoms with Crippen molar-refractivity contribution in [3.05, 3.63) is 36.3 Å². The minimum atomic E-state index is -0.481. The molecule has 0 radical (unpaired) electrons. The van der Waals surface area contributed by atoms with Crippen molar-refractivity contribution in [2.24, 2.45) is 0 Å². The van der Waals surface area contributed by atoms with Crippen LogP contribution in [0.3, 0.4) is 0 Å². The molecule has 2 N–H and O–H groups in total. The fraction of sp³-hybridized carbons (Fsp3) is 0.455. The lowest BCUT2D eigenvalue weighted by molar-refractivity contribution is 0.145. The van der Waals surface area contributed by atoms with E-state index in [9.17, 15) is 5.11 Å². The highest BCUT2D eigenvalue weighted by molar-refractivity contribution is 4.90. The lowest BCUT2D eigenvalue weighted by Crippen LogP contribution is -2.30. The van der Waals surface area contributed by atoms with Crippen LogP contribution in [0.15, 0.2) is 29.1 Å². The molecule has 17 heavy (non-hydrogen) atoms. The first kappa shape index (κ1) is 11.8. The zero-order valence-corrected chi connectivity index (χ0v) is 9.71. The van der Waals surface area contributed by atoms with Crippen LogP contribution in [-0.2, 0) is 13.1 Å². The largest absolute Gasteiger partial charge is 0.445 e. The molecule has 2 rings (SSSR count). The number of nitrogens with one attached hydrogen (secondary N) is 1. The molecule has 1 unspecified atom stereocenters. The normalized spacial score (nSPS) is 12.8. The molecule has 0 spiro atoms. The van der Waals surface area contributed by atoms with E-state index in [0.29, 0.717) is 25.5 Å². The molecule has 0 aliphatic carbocycles. The molecule has 2 aromatic heterocycles. The fourth-order valence-corrected chi connectivity index (χ4v) is 1.52. The summed E-state index contributed by atoms with van der Waals surface area (Å²) in [6.45, 7) is 3.32. The zero-order chi connectivity index (χ0) is 12.1. The molecule has 0 fully saturated rings. The second kappa shape index (κ2) is 5.60. The summed E-state index contributed by atoms with van der Waals surface area (Å²) in [4.78, 5) is 4.06. The Kier molecular flexibility index (Phi) is 3.89. The van der Waals surface area contributed by atoms with Gasteiger partial charge in [0.2, 0.25) is 5.89 Å². The summed E-state index contributed by atoms with van der Waals surface area (Å²) in [6, 6.07) is 1.83. The summed E-state index contributed by atoms with van der Waals surface area (Å²) in [5.74, 6) is 1.42. The summed E-state index contributed by atoms with van der Waals surface area (Å²) in [5.41, 5.74) is 0. The van der Waals surface area contributed by atoms with Crippen LogP contribution < -0.4 is 5.32 Å². The minimum absolute atomic E-state index is 0.473. The average Bonchev–Trinajstić information content (AvgIpc) is 2.90. The second-order valence-electron chi connectivity index (χ2n) is 3.88. The minimum Gasteiger partial charge on any atom is -0.445 e. The first-order valence-corrected chi connectivity index (χ1v) is 5.51. The van der Waals surface area contributed by atoms with E-state index in [1.165, 1.54) is 0 Å². The van der Waals surface area contributed by atoms with Gasteiger partial charge < -0.3 is 14.8 Å². The van der Waals surface area contributed by atoms with Crippen LogP contribution in [0.1, 0.15) is 11.7 Å². The average molecular weight is 236 g/mol. The predicted octanol–water partition coefficient (Wildman–Crippen LogP) is 0.330. The Labute approximate surface area is 99.3 Å². The fourth-order valence-electron chi connectivity index (χ4n) is 1.52. The van der Waals surface area contributed by atoms with Crippen molar-refractivity contribution in [2.75, 3.05) is 6.54 Å². The highest BCUT2D eigenvalue weighted by atomic mass is 16.4. The molecule has 0 aliphatic heterocycles. The topological polar surface area (TPSA) is 76.1 Å². The summed E-state index contributed by atoms with van der Waals surface area (Å²) in [6.07, 6.45) is 4.71. The number of aryl methyl sites for hydroxylation is 1. The Morgan fingerprint density at radius 3 is 3.12 bits per heavy atom. The van der Waals surface area contributed by atoms with Crippen molar-refractivity contribution in [3.8, 4) is 0 Å². The van der Waals surface area contributed by atoms with Crippen molar-refractivity contribution in [1.29, 1.82) is 0 Å². The van der Waals surface area contributed by atoms with Crippen LogP contribution in [0.4, 0.5) is 0 Å². The van der Waals surface area contributed by atoms with Crippen molar-refractivity contribution in [3.63, 3.8) is 0 Å². The summed E-state index contributed by atoms with van der Waals surface area (Å²) in [5, 5.41) is 16.8.